The summed E-state index contributed by atoms with van der Waals surface area (Å²) >= 11 is 0. The molecule has 0 radical (unpaired) electrons. The van der Waals surface area contributed by atoms with Gasteiger partial charge >= 0.3 is 11.9 Å². The van der Waals surface area contributed by atoms with Crippen LogP contribution in [0.3, 0.4) is 0 Å². The highest BCUT2D eigenvalue weighted by Gasteiger charge is 2.50. The second-order valence-corrected chi connectivity index (χ2v) is 5.59. The van der Waals surface area contributed by atoms with Crippen molar-refractivity contribution in [2.45, 2.75) is 45.8 Å². The molecule has 1 amide bonds. The van der Waals surface area contributed by atoms with Crippen molar-refractivity contribution in [1.82, 2.24) is 5.32 Å². The lowest BCUT2D eigenvalue weighted by Crippen LogP contribution is -2.41. The maximum Gasteiger partial charge on any atom is 0.329 e. The average Bonchev–Trinajstić information content (AvgIpc) is 2.63. The number of esters is 2. The zero-order valence-electron chi connectivity index (χ0n) is 12.0. The van der Waals surface area contributed by atoms with Crippen LogP contribution in [0.15, 0.2) is 0 Å². The molecule has 19 heavy (non-hydrogen) atoms. The Morgan fingerprint density at radius 1 is 1.26 bits per heavy atom. The van der Waals surface area contributed by atoms with E-state index in [-0.39, 0.29) is 0 Å². The lowest BCUT2D eigenvalue weighted by Gasteiger charge is -2.24. The number of carbonyl (C=O) groups is 3. The van der Waals surface area contributed by atoms with Gasteiger partial charge < -0.3 is 14.8 Å². The monoisotopic (exact) mass is 271 g/mol. The van der Waals surface area contributed by atoms with Gasteiger partial charge in [0.2, 0.25) is 5.91 Å². The van der Waals surface area contributed by atoms with Crippen LogP contribution in [0.5, 0.6) is 0 Å². The van der Waals surface area contributed by atoms with E-state index in [2.05, 4.69) is 10.1 Å². The number of ether oxygens (including phenoxy) is 2. The zero-order chi connectivity index (χ0) is 14.8. The average molecular weight is 271 g/mol. The van der Waals surface area contributed by atoms with E-state index in [1.54, 1.807) is 20.8 Å². The molecule has 0 bridgehead atoms. The number of carbonyl (C=O) groups excluding carboxylic acids is 3. The van der Waals surface area contributed by atoms with Crippen LogP contribution in [0.4, 0.5) is 0 Å². The third-order valence-electron chi connectivity index (χ3n) is 3.02. The molecule has 0 unspecified atom stereocenters. The predicted molar refractivity (Wildman–Crippen MR) is 67.1 cm³/mol. The van der Waals surface area contributed by atoms with Crippen molar-refractivity contribution in [2.24, 2.45) is 11.8 Å². The molecule has 1 rings (SSSR count). The fourth-order valence-corrected chi connectivity index (χ4v) is 2.22. The van der Waals surface area contributed by atoms with Gasteiger partial charge in [0.25, 0.3) is 0 Å². The molecule has 1 saturated heterocycles. The van der Waals surface area contributed by atoms with Crippen molar-refractivity contribution in [3.63, 3.8) is 0 Å². The first-order chi connectivity index (χ1) is 8.71. The molecule has 1 heterocycles. The molecule has 0 aromatic rings. The first-order valence-corrected chi connectivity index (χ1v) is 6.32. The number of nitrogens with one attached hydrogen (secondary N) is 1. The van der Waals surface area contributed by atoms with Gasteiger partial charge in [0, 0.05) is 5.92 Å². The molecule has 1 aliphatic heterocycles. The summed E-state index contributed by atoms with van der Waals surface area (Å²) in [5, 5.41) is 2.53. The Labute approximate surface area is 112 Å². The topological polar surface area (TPSA) is 81.7 Å². The summed E-state index contributed by atoms with van der Waals surface area (Å²) in [7, 11) is 1.23. The fourth-order valence-electron chi connectivity index (χ4n) is 2.22. The standard InChI is InChI=1S/C13H21NO5/c1-6-7-8(11(16)18-5)10(15)14-9(7)12(17)19-13(2,3)4/h7-9H,6H2,1-5H3,(H,14,15)/t7-,8-,9-/m1/s1. The molecule has 6 heteroatoms. The van der Waals surface area contributed by atoms with E-state index < -0.39 is 41.3 Å². The summed E-state index contributed by atoms with van der Waals surface area (Å²) < 4.78 is 9.87. The van der Waals surface area contributed by atoms with Crippen LogP contribution in [0.1, 0.15) is 34.1 Å². The molecule has 1 aliphatic rings. The maximum absolute atomic E-state index is 12.0. The normalized spacial score (nSPS) is 26.8. The third-order valence-corrected chi connectivity index (χ3v) is 3.02. The largest absolute Gasteiger partial charge is 0.468 e. The molecule has 1 N–H and O–H groups in total. The molecular weight excluding hydrogens is 250 g/mol. The van der Waals surface area contributed by atoms with Crippen LogP contribution < -0.4 is 5.32 Å². The third kappa shape index (κ3) is 3.45. The minimum atomic E-state index is -0.937. The summed E-state index contributed by atoms with van der Waals surface area (Å²) in [6.45, 7) is 7.07. The van der Waals surface area contributed by atoms with Crippen molar-refractivity contribution >= 4 is 17.8 Å². The molecule has 0 aromatic heterocycles. The highest BCUT2D eigenvalue weighted by Crippen LogP contribution is 2.29. The lowest BCUT2D eigenvalue weighted by atomic mass is 9.88. The number of amides is 1. The van der Waals surface area contributed by atoms with Crippen LogP contribution in [-0.4, -0.2) is 36.6 Å². The van der Waals surface area contributed by atoms with E-state index in [1.807, 2.05) is 6.92 Å². The Morgan fingerprint density at radius 2 is 1.84 bits per heavy atom. The van der Waals surface area contributed by atoms with E-state index in [9.17, 15) is 14.4 Å². The van der Waals surface area contributed by atoms with Crippen LogP contribution in [0.2, 0.25) is 0 Å². The summed E-state index contributed by atoms with van der Waals surface area (Å²) in [5.74, 6) is -2.98. The smallest absolute Gasteiger partial charge is 0.329 e. The number of hydrogen-bond donors (Lipinski definition) is 1. The van der Waals surface area contributed by atoms with Gasteiger partial charge in [-0.3, -0.25) is 9.59 Å². The molecule has 0 aromatic carbocycles. The summed E-state index contributed by atoms with van der Waals surface area (Å²) in [4.78, 5) is 35.5. The van der Waals surface area contributed by atoms with Crippen LogP contribution >= 0.6 is 0 Å². The van der Waals surface area contributed by atoms with Gasteiger partial charge in [0.1, 0.15) is 17.6 Å². The molecule has 108 valence electrons. The SMILES string of the molecule is CC[C@@H]1[C@@H](C(=O)OC)C(=O)N[C@H]1C(=O)OC(C)(C)C. The maximum atomic E-state index is 12.0. The van der Waals surface area contributed by atoms with Crippen molar-refractivity contribution < 1.29 is 23.9 Å². The Bertz CT molecular complexity index is 385. The molecule has 0 spiro atoms. The highest BCUT2D eigenvalue weighted by molar-refractivity contribution is 6.03. The Kier molecular flexibility index (Phi) is 4.55. The number of hydrogen-bond acceptors (Lipinski definition) is 5. The van der Waals surface area contributed by atoms with Gasteiger partial charge in [-0.2, -0.15) is 0 Å². The first-order valence-electron chi connectivity index (χ1n) is 6.32. The number of rotatable bonds is 3. The van der Waals surface area contributed by atoms with E-state index in [0.29, 0.717) is 6.42 Å². The van der Waals surface area contributed by atoms with Crippen LogP contribution in [0.25, 0.3) is 0 Å². The molecular formula is C13H21NO5. The second-order valence-electron chi connectivity index (χ2n) is 5.59. The minimum absolute atomic E-state index is 0.435. The first kappa shape index (κ1) is 15.5. The number of methoxy groups -OCH3 is 1. The van der Waals surface area contributed by atoms with Gasteiger partial charge in [-0.25, -0.2) is 4.79 Å². The molecule has 6 nitrogen and oxygen atoms in total. The van der Waals surface area contributed by atoms with Gasteiger partial charge in [0.15, 0.2) is 0 Å². The summed E-state index contributed by atoms with van der Waals surface area (Å²) in [6, 6.07) is -0.791. The summed E-state index contributed by atoms with van der Waals surface area (Å²) in [5.41, 5.74) is -0.635. The van der Waals surface area contributed by atoms with Gasteiger partial charge in [-0.05, 0) is 27.2 Å². The van der Waals surface area contributed by atoms with E-state index in [4.69, 9.17) is 4.74 Å². The Morgan fingerprint density at radius 3 is 2.26 bits per heavy atom. The molecule has 3 atom stereocenters. The van der Waals surface area contributed by atoms with E-state index >= 15 is 0 Å². The van der Waals surface area contributed by atoms with E-state index in [0.717, 1.165) is 0 Å². The Balaban J connectivity index is 2.89. The molecule has 0 saturated carbocycles. The Hall–Kier alpha value is -1.59. The van der Waals surface area contributed by atoms with Crippen LogP contribution in [0, 0.1) is 11.8 Å². The quantitative estimate of drug-likeness (QED) is 0.602. The second kappa shape index (κ2) is 5.59. The van der Waals surface area contributed by atoms with E-state index in [1.165, 1.54) is 7.11 Å². The lowest BCUT2D eigenvalue weighted by molar-refractivity contribution is -0.158. The van der Waals surface area contributed by atoms with Crippen molar-refractivity contribution in [3.05, 3.63) is 0 Å². The fraction of sp³-hybridized carbons (Fsp3) is 0.769. The van der Waals surface area contributed by atoms with Crippen molar-refractivity contribution in [3.8, 4) is 0 Å². The van der Waals surface area contributed by atoms with Gasteiger partial charge in [0.05, 0.1) is 7.11 Å². The van der Waals surface area contributed by atoms with Crippen LogP contribution in [-0.2, 0) is 23.9 Å². The minimum Gasteiger partial charge on any atom is -0.468 e. The predicted octanol–water partition coefficient (Wildman–Crippen LogP) is 0.642. The van der Waals surface area contributed by atoms with Crippen molar-refractivity contribution in [1.29, 1.82) is 0 Å². The van der Waals surface area contributed by atoms with Gasteiger partial charge in [-0.15, -0.1) is 0 Å². The van der Waals surface area contributed by atoms with Gasteiger partial charge in [-0.1, -0.05) is 6.92 Å². The molecule has 1 fully saturated rings. The highest BCUT2D eigenvalue weighted by atomic mass is 16.6. The zero-order valence-corrected chi connectivity index (χ0v) is 12.0. The van der Waals surface area contributed by atoms with Crippen molar-refractivity contribution in [2.75, 3.05) is 7.11 Å². The molecule has 0 aliphatic carbocycles. The summed E-state index contributed by atoms with van der Waals surface area (Å²) in [6.07, 6.45) is 0.502.